The van der Waals surface area contributed by atoms with Crippen molar-refractivity contribution in [3.63, 3.8) is 0 Å². The molecular weight excluding hydrogens is 370 g/mol. The van der Waals surface area contributed by atoms with E-state index in [-0.39, 0.29) is 24.4 Å². The summed E-state index contributed by atoms with van der Waals surface area (Å²) >= 11 is 0. The van der Waals surface area contributed by atoms with E-state index in [4.69, 9.17) is 18.7 Å². The quantitative estimate of drug-likeness (QED) is 0.366. The molecule has 0 saturated carbocycles. The van der Waals surface area contributed by atoms with Gasteiger partial charge in [-0.3, -0.25) is 4.79 Å². The Kier molecular flexibility index (Phi) is 10.2. The zero-order valence-electron chi connectivity index (χ0n) is 17.8. The molecule has 0 aliphatic carbocycles. The molecule has 0 aliphatic rings. The number of carbonyl (C=O) groups is 1. The van der Waals surface area contributed by atoms with Crippen LogP contribution in [0.1, 0.15) is 27.0 Å². The number of ether oxygens (including phenoxy) is 3. The molecular formula is C21H27LiO5P. The summed E-state index contributed by atoms with van der Waals surface area (Å²) in [6.45, 7) is 6.69. The van der Waals surface area contributed by atoms with Gasteiger partial charge in [-0.25, -0.2) is 0 Å². The van der Waals surface area contributed by atoms with Gasteiger partial charge in [0.1, 0.15) is 19.6 Å². The summed E-state index contributed by atoms with van der Waals surface area (Å²) in [6, 6.07) is 9.47. The number of rotatable bonds is 9. The zero-order valence-corrected chi connectivity index (χ0v) is 18.7. The molecule has 2 aromatic carbocycles. The number of aryl methyl sites for hydroxylation is 3. The molecule has 0 heterocycles. The van der Waals surface area contributed by atoms with E-state index in [1.165, 1.54) is 0 Å². The molecule has 5 nitrogen and oxygen atoms in total. The molecule has 2 aromatic rings. The monoisotopic (exact) mass is 397 g/mol. The fraction of sp³-hybridized carbons (Fsp3) is 0.381. The van der Waals surface area contributed by atoms with E-state index in [0.29, 0.717) is 30.3 Å². The summed E-state index contributed by atoms with van der Waals surface area (Å²) in [6.07, 6.45) is 0. The van der Waals surface area contributed by atoms with Crippen molar-refractivity contribution in [2.75, 3.05) is 34.5 Å². The summed E-state index contributed by atoms with van der Waals surface area (Å²) in [5.41, 5.74) is 3.72. The molecule has 7 heteroatoms. The van der Waals surface area contributed by atoms with Crippen molar-refractivity contribution in [1.29, 1.82) is 0 Å². The van der Waals surface area contributed by atoms with Gasteiger partial charge in [0.05, 0.1) is 32.7 Å². The van der Waals surface area contributed by atoms with Crippen LogP contribution < -0.4 is 14.8 Å². The normalized spacial score (nSPS) is 11.5. The van der Waals surface area contributed by atoms with Gasteiger partial charge in [0.2, 0.25) is 5.52 Å². The molecule has 0 N–H and O–H groups in total. The molecule has 28 heavy (non-hydrogen) atoms. The molecule has 0 spiro atoms. The van der Waals surface area contributed by atoms with Gasteiger partial charge in [-0.2, -0.15) is 0 Å². The van der Waals surface area contributed by atoms with E-state index >= 15 is 0 Å². The molecule has 0 fully saturated rings. The second-order valence-corrected chi connectivity index (χ2v) is 7.97. The minimum absolute atomic E-state index is 0. The van der Waals surface area contributed by atoms with E-state index in [1.807, 2.05) is 45.0 Å². The molecule has 0 amide bonds. The van der Waals surface area contributed by atoms with Gasteiger partial charge >= 0.3 is 0 Å². The molecule has 1 unspecified atom stereocenters. The Balaban J connectivity index is 0.00000392. The number of hydrogen-bond acceptors (Lipinski definition) is 5. The summed E-state index contributed by atoms with van der Waals surface area (Å²) in [4.78, 5) is 13.5. The second-order valence-electron chi connectivity index (χ2n) is 6.24. The standard InChI is InChI=1S/C21H27O5P.Li/c1-14-11-15(2)20(16(3)12-14)21(22)27(26-10-9-23-4)19-8-7-17(24-5)13-18(19)25-6;/h7-8,11-13H,9-10H2,1-6H3;. The third-order valence-corrected chi connectivity index (χ3v) is 6.03. The predicted octanol–water partition coefficient (Wildman–Crippen LogP) is 3.77. The number of carbonyl (C=O) groups excluding carboxylic acids is 1. The van der Waals surface area contributed by atoms with Crippen LogP contribution >= 0.6 is 8.15 Å². The maximum Gasteiger partial charge on any atom is 0.216 e. The minimum atomic E-state index is -1.59. The Morgan fingerprint density at radius 1 is 0.929 bits per heavy atom. The molecule has 1 atom stereocenters. The zero-order chi connectivity index (χ0) is 20.0. The van der Waals surface area contributed by atoms with Crippen LogP contribution in [0.4, 0.5) is 0 Å². The first-order valence-corrected chi connectivity index (χ1v) is 9.95. The first kappa shape index (κ1) is 24.7. The van der Waals surface area contributed by atoms with Crippen molar-refractivity contribution in [3.05, 3.63) is 52.6 Å². The summed E-state index contributed by atoms with van der Waals surface area (Å²) < 4.78 is 21.9. The Hall–Kier alpha value is -1.34. The maximum absolute atomic E-state index is 13.5. The Bertz CT molecular complexity index is 786. The van der Waals surface area contributed by atoms with Gasteiger partial charge in [-0.15, -0.1) is 0 Å². The summed E-state index contributed by atoms with van der Waals surface area (Å²) in [5.74, 6) is 1.24. The fourth-order valence-electron chi connectivity index (χ4n) is 3.02. The van der Waals surface area contributed by atoms with Crippen molar-refractivity contribution in [2.24, 2.45) is 0 Å². The second kappa shape index (κ2) is 11.6. The minimum Gasteiger partial charge on any atom is -0.497 e. The molecule has 0 aliphatic heterocycles. The van der Waals surface area contributed by atoms with Gasteiger partial charge in [0.15, 0.2) is 0 Å². The van der Waals surface area contributed by atoms with Gasteiger partial charge in [0, 0.05) is 37.6 Å². The van der Waals surface area contributed by atoms with Crippen LogP contribution in [0.3, 0.4) is 0 Å². The Labute approximate surface area is 180 Å². The van der Waals surface area contributed by atoms with Crippen molar-refractivity contribution >= 4 is 37.8 Å². The average molecular weight is 397 g/mol. The smallest absolute Gasteiger partial charge is 0.216 e. The summed E-state index contributed by atoms with van der Waals surface area (Å²) in [5, 5.41) is 0.730. The Morgan fingerprint density at radius 3 is 2.11 bits per heavy atom. The first-order valence-electron chi connectivity index (χ1n) is 8.69. The van der Waals surface area contributed by atoms with Crippen molar-refractivity contribution in [1.82, 2.24) is 0 Å². The van der Waals surface area contributed by atoms with Crippen LogP contribution in [-0.4, -0.2) is 58.9 Å². The largest absolute Gasteiger partial charge is 0.497 e. The van der Waals surface area contributed by atoms with Crippen molar-refractivity contribution in [3.8, 4) is 11.5 Å². The molecule has 0 aromatic heterocycles. The fourth-order valence-corrected chi connectivity index (χ4v) is 4.88. The van der Waals surface area contributed by atoms with E-state index in [0.717, 1.165) is 22.0 Å². The SMILES string of the molecule is COCCOP(C(=O)c1c(C)cc(C)cc1C)c1ccc(OC)cc1OC.[Li]. The number of hydrogen-bond donors (Lipinski definition) is 0. The summed E-state index contributed by atoms with van der Waals surface area (Å²) in [7, 11) is 3.19. The van der Waals surface area contributed by atoms with Gasteiger partial charge in [0.25, 0.3) is 0 Å². The van der Waals surface area contributed by atoms with Gasteiger partial charge < -0.3 is 18.7 Å². The predicted molar refractivity (Wildman–Crippen MR) is 115 cm³/mol. The van der Waals surface area contributed by atoms with E-state index < -0.39 is 8.15 Å². The number of benzene rings is 2. The van der Waals surface area contributed by atoms with E-state index in [1.54, 1.807) is 27.4 Å². The molecule has 147 valence electrons. The maximum atomic E-state index is 13.5. The Morgan fingerprint density at radius 2 is 1.57 bits per heavy atom. The topological polar surface area (TPSA) is 54.0 Å². The van der Waals surface area contributed by atoms with Crippen molar-refractivity contribution < 1.29 is 23.5 Å². The van der Waals surface area contributed by atoms with Crippen LogP contribution in [-0.2, 0) is 9.26 Å². The van der Waals surface area contributed by atoms with Crippen LogP contribution in [0.15, 0.2) is 30.3 Å². The van der Waals surface area contributed by atoms with Crippen LogP contribution in [0.2, 0.25) is 0 Å². The van der Waals surface area contributed by atoms with Crippen molar-refractivity contribution in [2.45, 2.75) is 20.8 Å². The first-order chi connectivity index (χ1) is 12.9. The third kappa shape index (κ3) is 5.83. The van der Waals surface area contributed by atoms with Crippen LogP contribution in [0, 0.1) is 20.8 Å². The van der Waals surface area contributed by atoms with Gasteiger partial charge in [-0.1, -0.05) is 17.7 Å². The van der Waals surface area contributed by atoms with Crippen LogP contribution in [0.5, 0.6) is 11.5 Å². The molecule has 0 bridgehead atoms. The van der Waals surface area contributed by atoms with Gasteiger partial charge in [-0.05, 0) is 44.0 Å². The van der Waals surface area contributed by atoms with E-state index in [9.17, 15) is 4.79 Å². The number of methoxy groups -OCH3 is 3. The molecule has 2 rings (SSSR count). The van der Waals surface area contributed by atoms with E-state index in [2.05, 4.69) is 0 Å². The average Bonchev–Trinajstić information content (AvgIpc) is 2.64. The van der Waals surface area contributed by atoms with Crippen LogP contribution in [0.25, 0.3) is 0 Å². The third-order valence-electron chi connectivity index (χ3n) is 4.19. The molecule has 1 radical (unpaired) electrons. The molecule has 0 saturated heterocycles.